The summed E-state index contributed by atoms with van der Waals surface area (Å²) in [5, 5.41) is 2.91. The fourth-order valence-corrected chi connectivity index (χ4v) is 3.81. The summed E-state index contributed by atoms with van der Waals surface area (Å²) >= 11 is 0. The van der Waals surface area contributed by atoms with E-state index in [-0.39, 0.29) is 18.9 Å². The van der Waals surface area contributed by atoms with E-state index in [1.54, 1.807) is 7.11 Å². The Morgan fingerprint density at radius 3 is 2.63 bits per heavy atom. The van der Waals surface area contributed by atoms with Gasteiger partial charge in [0.15, 0.2) is 0 Å². The molecule has 1 fully saturated rings. The molecular weight excluding hydrogens is 370 g/mol. The monoisotopic (exact) mass is 399 g/mol. The molecule has 1 amide bonds. The minimum atomic E-state index is -3.36. The normalized spacial score (nSPS) is 15.1. The van der Waals surface area contributed by atoms with E-state index in [0.717, 1.165) is 30.7 Å². The number of methoxy groups -OCH3 is 1. The van der Waals surface area contributed by atoms with E-state index in [4.69, 9.17) is 9.47 Å². The van der Waals surface area contributed by atoms with Crippen molar-refractivity contribution in [2.75, 3.05) is 69.6 Å². The van der Waals surface area contributed by atoms with Gasteiger partial charge in [-0.15, -0.1) is 0 Å². The predicted octanol–water partition coefficient (Wildman–Crippen LogP) is 1.15. The number of hydrogen-bond donors (Lipinski definition) is 1. The third-order valence-electron chi connectivity index (χ3n) is 4.34. The highest BCUT2D eigenvalue weighted by Gasteiger charge is 2.19. The molecule has 1 heterocycles. The number of rotatable bonds is 10. The number of morpholine rings is 1. The first-order chi connectivity index (χ1) is 12.9. The van der Waals surface area contributed by atoms with E-state index in [2.05, 4.69) is 10.2 Å². The van der Waals surface area contributed by atoms with Crippen LogP contribution in [-0.4, -0.2) is 78.0 Å². The summed E-state index contributed by atoms with van der Waals surface area (Å²) in [5.41, 5.74) is 1.68. The zero-order valence-electron chi connectivity index (χ0n) is 16.0. The van der Waals surface area contributed by atoms with Crippen molar-refractivity contribution in [1.82, 2.24) is 4.31 Å². The topological polar surface area (TPSA) is 88.2 Å². The zero-order valence-corrected chi connectivity index (χ0v) is 16.8. The number of hydrogen-bond acceptors (Lipinski definition) is 6. The molecule has 1 aromatic carbocycles. The molecule has 1 aliphatic rings. The quantitative estimate of drug-likeness (QED) is 0.594. The summed E-state index contributed by atoms with van der Waals surface area (Å²) in [7, 11) is -1.79. The number of carbonyl (C=O) groups is 1. The Hall–Kier alpha value is -1.68. The number of nitrogens with one attached hydrogen (secondary N) is 1. The second-order valence-electron chi connectivity index (χ2n) is 6.42. The Balaban J connectivity index is 1.94. The van der Waals surface area contributed by atoms with E-state index in [1.165, 1.54) is 4.31 Å². The lowest BCUT2D eigenvalue weighted by Gasteiger charge is -2.30. The number of benzene rings is 1. The molecule has 0 unspecified atom stereocenters. The van der Waals surface area contributed by atoms with Crippen molar-refractivity contribution in [3.8, 4) is 0 Å². The summed E-state index contributed by atoms with van der Waals surface area (Å²) in [6, 6.07) is 7.62. The molecule has 0 aliphatic carbocycles. The van der Waals surface area contributed by atoms with Crippen LogP contribution in [0.1, 0.15) is 12.8 Å². The maximum atomic E-state index is 12.4. The second kappa shape index (κ2) is 10.6. The summed E-state index contributed by atoms with van der Waals surface area (Å²) in [6.45, 7) is 3.83. The van der Waals surface area contributed by atoms with E-state index >= 15 is 0 Å². The van der Waals surface area contributed by atoms with Gasteiger partial charge in [-0.2, -0.15) is 0 Å². The Bertz CT molecular complexity index is 705. The van der Waals surface area contributed by atoms with Crippen LogP contribution in [0.2, 0.25) is 0 Å². The molecule has 1 saturated heterocycles. The molecule has 2 rings (SSSR count). The van der Waals surface area contributed by atoms with Crippen LogP contribution in [0.25, 0.3) is 0 Å². The minimum absolute atomic E-state index is 0.0947. The molecule has 27 heavy (non-hydrogen) atoms. The molecule has 0 spiro atoms. The Morgan fingerprint density at radius 2 is 1.96 bits per heavy atom. The van der Waals surface area contributed by atoms with Crippen LogP contribution in [0.15, 0.2) is 24.3 Å². The van der Waals surface area contributed by atoms with Crippen molar-refractivity contribution < 1.29 is 22.7 Å². The van der Waals surface area contributed by atoms with Gasteiger partial charge in [-0.25, -0.2) is 12.7 Å². The van der Waals surface area contributed by atoms with Gasteiger partial charge < -0.3 is 19.7 Å². The van der Waals surface area contributed by atoms with Crippen LogP contribution < -0.4 is 10.2 Å². The van der Waals surface area contributed by atoms with E-state index < -0.39 is 10.0 Å². The highest BCUT2D eigenvalue weighted by molar-refractivity contribution is 7.88. The van der Waals surface area contributed by atoms with Gasteiger partial charge in [-0.05, 0) is 18.6 Å². The van der Waals surface area contributed by atoms with Gasteiger partial charge in [0.25, 0.3) is 0 Å². The molecule has 1 aromatic rings. The van der Waals surface area contributed by atoms with E-state index in [9.17, 15) is 13.2 Å². The largest absolute Gasteiger partial charge is 0.385 e. The lowest BCUT2D eigenvalue weighted by atomic mass is 10.2. The van der Waals surface area contributed by atoms with Crippen molar-refractivity contribution in [2.45, 2.75) is 12.8 Å². The summed E-state index contributed by atoms with van der Waals surface area (Å²) in [6.07, 6.45) is 1.84. The third-order valence-corrected chi connectivity index (χ3v) is 5.65. The third kappa shape index (κ3) is 7.10. The number of ether oxygens (including phenoxy) is 2. The zero-order chi connectivity index (χ0) is 19.7. The lowest BCUT2D eigenvalue weighted by molar-refractivity contribution is -0.116. The number of amides is 1. The molecule has 0 atom stereocenters. The van der Waals surface area contributed by atoms with E-state index in [1.807, 2.05) is 24.3 Å². The highest BCUT2D eigenvalue weighted by atomic mass is 32.2. The number of sulfonamides is 1. The molecule has 0 saturated carbocycles. The molecule has 9 heteroatoms. The van der Waals surface area contributed by atoms with Crippen LogP contribution in [0.4, 0.5) is 11.4 Å². The van der Waals surface area contributed by atoms with Crippen molar-refractivity contribution in [2.24, 2.45) is 0 Å². The van der Waals surface area contributed by atoms with Crippen LogP contribution in [0.3, 0.4) is 0 Å². The maximum Gasteiger partial charge on any atom is 0.225 e. The summed E-state index contributed by atoms with van der Waals surface area (Å²) < 4.78 is 35.4. The molecule has 1 N–H and O–H groups in total. The van der Waals surface area contributed by atoms with Gasteiger partial charge in [-0.3, -0.25) is 4.79 Å². The average Bonchev–Trinajstić information content (AvgIpc) is 2.64. The predicted molar refractivity (Wildman–Crippen MR) is 106 cm³/mol. The maximum absolute atomic E-state index is 12.4. The Morgan fingerprint density at radius 1 is 1.26 bits per heavy atom. The van der Waals surface area contributed by atoms with E-state index in [0.29, 0.717) is 32.8 Å². The van der Waals surface area contributed by atoms with Crippen LogP contribution in [-0.2, 0) is 24.3 Å². The number of para-hydroxylation sites is 2. The van der Waals surface area contributed by atoms with Crippen LogP contribution >= 0.6 is 0 Å². The Labute approximate surface area is 161 Å². The van der Waals surface area contributed by atoms with Crippen molar-refractivity contribution in [1.29, 1.82) is 0 Å². The molecule has 8 nitrogen and oxygen atoms in total. The first kappa shape index (κ1) is 21.6. The molecule has 0 bridgehead atoms. The second-order valence-corrected chi connectivity index (χ2v) is 8.41. The van der Waals surface area contributed by atoms with Gasteiger partial charge >= 0.3 is 0 Å². The van der Waals surface area contributed by atoms with Crippen molar-refractivity contribution in [3.05, 3.63) is 24.3 Å². The van der Waals surface area contributed by atoms with Gasteiger partial charge in [-0.1, -0.05) is 12.1 Å². The summed E-state index contributed by atoms with van der Waals surface area (Å²) in [5.74, 6) is -0.212. The molecule has 0 radical (unpaired) electrons. The SMILES string of the molecule is COCCCN(CCC(=O)Nc1ccccc1N1CCOCC1)S(C)(=O)=O. The molecule has 152 valence electrons. The van der Waals surface area contributed by atoms with Gasteiger partial charge in [0.2, 0.25) is 15.9 Å². The fourth-order valence-electron chi connectivity index (χ4n) is 2.93. The molecule has 1 aliphatic heterocycles. The molecular formula is C18H29N3O5S. The van der Waals surface area contributed by atoms with Crippen LogP contribution in [0.5, 0.6) is 0 Å². The number of nitrogens with zero attached hydrogens (tertiary/aromatic N) is 2. The average molecular weight is 400 g/mol. The number of anilines is 2. The first-order valence-corrected chi connectivity index (χ1v) is 10.9. The van der Waals surface area contributed by atoms with Crippen LogP contribution in [0, 0.1) is 0 Å². The van der Waals surface area contributed by atoms with Gasteiger partial charge in [0, 0.05) is 46.3 Å². The smallest absolute Gasteiger partial charge is 0.225 e. The highest BCUT2D eigenvalue weighted by Crippen LogP contribution is 2.26. The Kier molecular flexibility index (Phi) is 8.49. The van der Waals surface area contributed by atoms with Crippen molar-refractivity contribution >= 4 is 27.3 Å². The first-order valence-electron chi connectivity index (χ1n) is 9.07. The lowest BCUT2D eigenvalue weighted by Crippen LogP contribution is -2.37. The number of carbonyl (C=O) groups excluding carboxylic acids is 1. The fraction of sp³-hybridized carbons (Fsp3) is 0.611. The standard InChI is InChI=1S/C18H29N3O5S/c1-25-13-5-9-21(27(2,23)24)10-8-18(22)19-16-6-3-4-7-17(16)20-11-14-26-15-12-20/h3-4,6-7H,5,8-15H2,1-2H3,(H,19,22). The van der Waals surface area contributed by atoms with Gasteiger partial charge in [0.05, 0.1) is 30.8 Å². The minimum Gasteiger partial charge on any atom is -0.385 e. The van der Waals surface area contributed by atoms with Gasteiger partial charge in [0.1, 0.15) is 0 Å². The summed E-state index contributed by atoms with van der Waals surface area (Å²) in [4.78, 5) is 14.6. The van der Waals surface area contributed by atoms with Crippen molar-refractivity contribution in [3.63, 3.8) is 0 Å². The molecule has 0 aromatic heterocycles.